The van der Waals surface area contributed by atoms with E-state index in [9.17, 15) is 0 Å². The van der Waals surface area contributed by atoms with E-state index in [0.29, 0.717) is 12.0 Å². The number of hydrogen-bond donors (Lipinski definition) is 1. The number of aromatic nitrogens is 4. The van der Waals surface area contributed by atoms with Crippen LogP contribution in [0.2, 0.25) is 0 Å². The fraction of sp³-hybridized carbons (Fsp3) is 0.350. The van der Waals surface area contributed by atoms with Gasteiger partial charge in [0.25, 0.3) is 0 Å². The molecule has 1 aliphatic rings. The number of nitrogens with one attached hydrogen (secondary N) is 1. The van der Waals surface area contributed by atoms with Crippen molar-refractivity contribution in [2.24, 2.45) is 5.92 Å². The minimum absolute atomic E-state index is 0.368. The van der Waals surface area contributed by atoms with E-state index in [1.165, 1.54) is 5.56 Å². The summed E-state index contributed by atoms with van der Waals surface area (Å²) in [7, 11) is 0. The molecule has 2 atom stereocenters. The zero-order valence-electron chi connectivity index (χ0n) is 15.2. The van der Waals surface area contributed by atoms with Crippen molar-refractivity contribution in [2.45, 2.75) is 26.4 Å². The highest BCUT2D eigenvalue weighted by molar-refractivity contribution is 5.38. The van der Waals surface area contributed by atoms with Crippen LogP contribution in [0.15, 0.2) is 55.1 Å². The van der Waals surface area contributed by atoms with Crippen molar-refractivity contribution in [1.29, 1.82) is 0 Å². The summed E-state index contributed by atoms with van der Waals surface area (Å²) in [6.45, 7) is 7.33. The van der Waals surface area contributed by atoms with Crippen molar-refractivity contribution in [3.63, 3.8) is 0 Å². The van der Waals surface area contributed by atoms with Gasteiger partial charge in [0.15, 0.2) is 5.82 Å². The minimum atomic E-state index is 0.368. The third-order valence-corrected chi connectivity index (χ3v) is 4.96. The van der Waals surface area contributed by atoms with Crippen LogP contribution >= 0.6 is 0 Å². The average molecular weight is 348 g/mol. The maximum Gasteiger partial charge on any atom is 0.159 e. The van der Waals surface area contributed by atoms with Crippen LogP contribution in [0.25, 0.3) is 5.82 Å². The lowest BCUT2D eigenvalue weighted by atomic mass is 10.1. The molecule has 26 heavy (non-hydrogen) atoms. The molecule has 1 N–H and O–H groups in total. The van der Waals surface area contributed by atoms with Gasteiger partial charge in [-0.1, -0.05) is 37.3 Å². The maximum atomic E-state index is 4.71. The topological polar surface area (TPSA) is 58.9 Å². The molecular formula is C20H24N6. The summed E-state index contributed by atoms with van der Waals surface area (Å²) in [5, 5.41) is 3.58. The van der Waals surface area contributed by atoms with Crippen molar-refractivity contribution in [2.75, 3.05) is 18.4 Å². The van der Waals surface area contributed by atoms with Crippen molar-refractivity contribution < 1.29 is 0 Å². The van der Waals surface area contributed by atoms with Gasteiger partial charge in [-0.2, -0.15) is 0 Å². The molecule has 0 radical (unpaired) electrons. The molecular weight excluding hydrogens is 324 g/mol. The minimum Gasteiger partial charge on any atom is -0.364 e. The molecule has 0 saturated carbocycles. The maximum absolute atomic E-state index is 4.71. The molecule has 0 bridgehead atoms. The molecule has 1 aromatic carbocycles. The lowest BCUT2D eigenvalue weighted by Gasteiger charge is -2.18. The first-order chi connectivity index (χ1) is 12.7. The van der Waals surface area contributed by atoms with Crippen LogP contribution in [0.5, 0.6) is 0 Å². The van der Waals surface area contributed by atoms with Crippen LogP contribution in [0, 0.1) is 12.8 Å². The second-order valence-corrected chi connectivity index (χ2v) is 7.01. The van der Waals surface area contributed by atoms with E-state index in [4.69, 9.17) is 4.98 Å². The van der Waals surface area contributed by atoms with E-state index >= 15 is 0 Å². The van der Waals surface area contributed by atoms with Gasteiger partial charge in [0.05, 0.1) is 12.4 Å². The summed E-state index contributed by atoms with van der Waals surface area (Å²) in [5.74, 6) is 3.06. The van der Waals surface area contributed by atoms with Gasteiger partial charge < -0.3 is 5.32 Å². The Kier molecular flexibility index (Phi) is 4.67. The Morgan fingerprint density at radius 3 is 2.77 bits per heavy atom. The molecule has 2 aromatic heterocycles. The molecule has 2 unspecified atom stereocenters. The average Bonchev–Trinajstić information content (AvgIpc) is 3.22. The zero-order chi connectivity index (χ0) is 17.9. The molecule has 4 rings (SSSR count). The van der Waals surface area contributed by atoms with Crippen LogP contribution in [0.1, 0.15) is 18.3 Å². The quantitative estimate of drug-likeness (QED) is 0.768. The van der Waals surface area contributed by atoms with Gasteiger partial charge in [0, 0.05) is 38.1 Å². The number of imidazole rings is 1. The second kappa shape index (κ2) is 7.25. The summed E-state index contributed by atoms with van der Waals surface area (Å²) >= 11 is 0. The summed E-state index contributed by atoms with van der Waals surface area (Å²) in [6.07, 6.45) is 7.24. The highest BCUT2D eigenvalue weighted by Crippen LogP contribution is 2.22. The van der Waals surface area contributed by atoms with Crippen LogP contribution in [-0.4, -0.2) is 43.6 Å². The first kappa shape index (κ1) is 16.7. The Bertz CT molecular complexity index is 860. The largest absolute Gasteiger partial charge is 0.364 e. The van der Waals surface area contributed by atoms with Gasteiger partial charge in [-0.25, -0.2) is 9.97 Å². The van der Waals surface area contributed by atoms with Gasteiger partial charge in [-0.3, -0.25) is 14.5 Å². The second-order valence-electron chi connectivity index (χ2n) is 7.01. The lowest BCUT2D eigenvalue weighted by Crippen LogP contribution is -2.28. The third kappa shape index (κ3) is 3.60. The monoisotopic (exact) mass is 348 g/mol. The lowest BCUT2D eigenvalue weighted by molar-refractivity contribution is 0.319. The fourth-order valence-corrected chi connectivity index (χ4v) is 3.58. The van der Waals surface area contributed by atoms with Crippen LogP contribution < -0.4 is 5.32 Å². The van der Waals surface area contributed by atoms with Crippen molar-refractivity contribution >= 4 is 5.82 Å². The zero-order valence-corrected chi connectivity index (χ0v) is 15.2. The molecule has 1 saturated heterocycles. The van der Waals surface area contributed by atoms with Crippen LogP contribution in [-0.2, 0) is 6.54 Å². The Morgan fingerprint density at radius 1 is 1.15 bits per heavy atom. The number of rotatable bonds is 5. The Balaban J connectivity index is 1.43. The normalized spacial score (nSPS) is 20.4. The number of benzene rings is 1. The SMILES string of the molecule is Cc1nccn1-c1cncc(NC2CN(Cc3ccccc3)CC2C)n1. The number of anilines is 1. The van der Waals surface area contributed by atoms with Gasteiger partial charge in [0.1, 0.15) is 11.6 Å². The van der Waals surface area contributed by atoms with E-state index in [2.05, 4.69) is 57.4 Å². The fourth-order valence-electron chi connectivity index (χ4n) is 3.58. The molecule has 0 amide bonds. The summed E-state index contributed by atoms with van der Waals surface area (Å²) in [4.78, 5) is 15.8. The predicted octanol–water partition coefficient (Wildman–Crippen LogP) is 2.90. The third-order valence-electron chi connectivity index (χ3n) is 4.96. The van der Waals surface area contributed by atoms with E-state index in [-0.39, 0.29) is 0 Å². The van der Waals surface area contributed by atoms with E-state index in [1.807, 2.05) is 17.7 Å². The van der Waals surface area contributed by atoms with E-state index in [1.54, 1.807) is 18.6 Å². The standard InChI is InChI=1S/C20H24N6/c1-15-12-25(13-17-6-4-3-5-7-17)14-18(15)23-19-10-21-11-20(24-19)26-9-8-22-16(26)2/h3-11,15,18H,12-14H2,1-2H3,(H,23,24). The van der Waals surface area contributed by atoms with Gasteiger partial charge in [-0.15, -0.1) is 0 Å². The number of aryl methyl sites for hydroxylation is 1. The highest BCUT2D eigenvalue weighted by atomic mass is 15.2. The molecule has 6 nitrogen and oxygen atoms in total. The molecule has 3 heterocycles. The van der Waals surface area contributed by atoms with Crippen LogP contribution in [0.3, 0.4) is 0 Å². The number of likely N-dealkylation sites (tertiary alicyclic amines) is 1. The summed E-state index contributed by atoms with van der Waals surface area (Å²) in [5.41, 5.74) is 1.36. The first-order valence-corrected chi connectivity index (χ1v) is 9.04. The van der Waals surface area contributed by atoms with E-state index < -0.39 is 0 Å². The smallest absolute Gasteiger partial charge is 0.159 e. The molecule has 0 aliphatic carbocycles. The van der Waals surface area contributed by atoms with Gasteiger partial charge >= 0.3 is 0 Å². The Labute approximate surface area is 153 Å². The van der Waals surface area contributed by atoms with Crippen LogP contribution in [0.4, 0.5) is 5.82 Å². The first-order valence-electron chi connectivity index (χ1n) is 9.04. The molecule has 3 aromatic rings. The molecule has 1 aliphatic heterocycles. The van der Waals surface area contributed by atoms with Crippen molar-refractivity contribution in [3.8, 4) is 5.82 Å². The summed E-state index contributed by atoms with van der Waals surface area (Å²) in [6, 6.07) is 11.0. The van der Waals surface area contributed by atoms with Crippen molar-refractivity contribution in [3.05, 3.63) is 66.5 Å². The Hall–Kier alpha value is -2.73. The summed E-state index contributed by atoms with van der Waals surface area (Å²) < 4.78 is 1.94. The number of nitrogens with zero attached hydrogens (tertiary/aromatic N) is 5. The van der Waals surface area contributed by atoms with Gasteiger partial charge in [0.2, 0.25) is 0 Å². The number of hydrogen-bond acceptors (Lipinski definition) is 5. The van der Waals surface area contributed by atoms with Gasteiger partial charge in [-0.05, 0) is 18.4 Å². The Morgan fingerprint density at radius 2 is 2.00 bits per heavy atom. The molecule has 134 valence electrons. The highest BCUT2D eigenvalue weighted by Gasteiger charge is 2.29. The molecule has 0 spiro atoms. The predicted molar refractivity (Wildman–Crippen MR) is 102 cm³/mol. The molecule has 6 heteroatoms. The van der Waals surface area contributed by atoms with E-state index in [0.717, 1.165) is 37.1 Å². The molecule has 1 fully saturated rings. The van der Waals surface area contributed by atoms with Crippen molar-refractivity contribution in [1.82, 2.24) is 24.4 Å².